The number of halogens is 3. The molecule has 1 aliphatic rings. The van der Waals surface area contributed by atoms with Gasteiger partial charge in [0.15, 0.2) is 0 Å². The third-order valence-electron chi connectivity index (χ3n) is 3.13. The van der Waals surface area contributed by atoms with Gasteiger partial charge in [-0.05, 0) is 30.5 Å². The van der Waals surface area contributed by atoms with Gasteiger partial charge in [0.25, 0.3) is 0 Å². The highest BCUT2D eigenvalue weighted by molar-refractivity contribution is 5.73. The summed E-state index contributed by atoms with van der Waals surface area (Å²) in [4.78, 5) is 10.6. The minimum absolute atomic E-state index is 0.123. The number of amides is 1. The molecule has 0 radical (unpaired) electrons. The molecule has 1 aromatic rings. The Bertz CT molecular complexity index is 513. The summed E-state index contributed by atoms with van der Waals surface area (Å²) in [6.07, 6.45) is -2.49. The lowest BCUT2D eigenvalue weighted by atomic mass is 10.1. The van der Waals surface area contributed by atoms with E-state index < -0.39 is 17.6 Å². The maximum atomic E-state index is 13.0. The molecule has 0 aliphatic heterocycles. The molecule has 1 fully saturated rings. The summed E-state index contributed by atoms with van der Waals surface area (Å²) < 4.78 is 44.1. The first-order valence-electron chi connectivity index (χ1n) is 6.71. The van der Waals surface area contributed by atoms with Gasteiger partial charge in [0, 0.05) is 12.6 Å². The van der Waals surface area contributed by atoms with E-state index in [4.69, 9.17) is 10.5 Å². The highest BCUT2D eigenvalue weighted by atomic mass is 19.4. The lowest BCUT2D eigenvalue weighted by Gasteiger charge is -2.15. The second-order valence-electron chi connectivity index (χ2n) is 5.05. The predicted molar refractivity (Wildman–Crippen MR) is 70.6 cm³/mol. The Morgan fingerprint density at radius 2 is 2.10 bits per heavy atom. The third kappa shape index (κ3) is 4.93. The monoisotopic (exact) mass is 302 g/mol. The second kappa shape index (κ2) is 6.34. The molecular weight excluding hydrogens is 285 g/mol. The zero-order chi connectivity index (χ0) is 15.5. The Morgan fingerprint density at radius 3 is 2.67 bits per heavy atom. The Balaban J connectivity index is 2.08. The SMILES string of the molecule is NC(=O)CCOc1ccc(CNC2CC2)cc1C(F)(F)F. The normalized spacial score (nSPS) is 15.0. The minimum atomic E-state index is -4.50. The molecule has 0 bridgehead atoms. The molecule has 0 saturated heterocycles. The first-order chi connectivity index (χ1) is 9.86. The van der Waals surface area contributed by atoms with Crippen LogP contribution in [0, 0.1) is 0 Å². The van der Waals surface area contributed by atoms with Gasteiger partial charge < -0.3 is 15.8 Å². The van der Waals surface area contributed by atoms with Crippen molar-refractivity contribution in [2.75, 3.05) is 6.61 Å². The van der Waals surface area contributed by atoms with Crippen molar-refractivity contribution in [3.63, 3.8) is 0 Å². The molecule has 2 rings (SSSR count). The molecule has 21 heavy (non-hydrogen) atoms. The van der Waals surface area contributed by atoms with Crippen LogP contribution in [0.2, 0.25) is 0 Å². The number of ether oxygens (including phenoxy) is 1. The predicted octanol–water partition coefficient (Wildman–Crippen LogP) is 2.21. The van der Waals surface area contributed by atoms with Crippen molar-refractivity contribution in [1.82, 2.24) is 5.32 Å². The lowest BCUT2D eigenvalue weighted by molar-refractivity contribution is -0.139. The Kier molecular flexibility index (Phi) is 4.72. The van der Waals surface area contributed by atoms with Crippen LogP contribution in [0.4, 0.5) is 13.2 Å². The number of nitrogens with one attached hydrogen (secondary N) is 1. The van der Waals surface area contributed by atoms with Gasteiger partial charge in [-0.2, -0.15) is 13.2 Å². The first kappa shape index (κ1) is 15.6. The average molecular weight is 302 g/mol. The van der Waals surface area contributed by atoms with Gasteiger partial charge in [0.2, 0.25) is 5.91 Å². The van der Waals surface area contributed by atoms with Crippen LogP contribution in [-0.2, 0) is 17.5 Å². The van der Waals surface area contributed by atoms with Gasteiger partial charge in [0.1, 0.15) is 5.75 Å². The quantitative estimate of drug-likeness (QED) is 0.811. The molecule has 1 saturated carbocycles. The number of carbonyl (C=O) groups excluding carboxylic acids is 1. The number of hydrogen-bond donors (Lipinski definition) is 2. The third-order valence-corrected chi connectivity index (χ3v) is 3.13. The van der Waals surface area contributed by atoms with Crippen molar-refractivity contribution in [1.29, 1.82) is 0 Å². The van der Waals surface area contributed by atoms with Crippen LogP contribution < -0.4 is 15.8 Å². The minimum Gasteiger partial charge on any atom is -0.492 e. The summed E-state index contributed by atoms with van der Waals surface area (Å²) in [7, 11) is 0. The largest absolute Gasteiger partial charge is 0.492 e. The molecule has 1 amide bonds. The standard InChI is InChI=1S/C14H17F3N2O2/c15-14(16,17)11-7-9(8-19-10-2-3-10)1-4-12(11)21-6-5-13(18)20/h1,4,7,10,19H,2-3,5-6,8H2,(H2,18,20). The van der Waals surface area contributed by atoms with Crippen LogP contribution in [0.5, 0.6) is 5.75 Å². The smallest absolute Gasteiger partial charge is 0.419 e. The molecule has 0 spiro atoms. The topological polar surface area (TPSA) is 64.4 Å². The molecule has 4 nitrogen and oxygen atoms in total. The Morgan fingerprint density at radius 1 is 1.38 bits per heavy atom. The molecule has 7 heteroatoms. The van der Waals surface area contributed by atoms with Crippen molar-refractivity contribution >= 4 is 5.91 Å². The Hall–Kier alpha value is -1.76. The number of nitrogens with two attached hydrogens (primary N) is 1. The maximum absolute atomic E-state index is 13.0. The summed E-state index contributed by atoms with van der Waals surface area (Å²) in [6, 6.07) is 4.37. The van der Waals surface area contributed by atoms with Gasteiger partial charge in [0.05, 0.1) is 18.6 Å². The van der Waals surface area contributed by atoms with Crippen LogP contribution in [0.15, 0.2) is 18.2 Å². The van der Waals surface area contributed by atoms with Crippen molar-refractivity contribution in [2.45, 2.75) is 38.0 Å². The summed E-state index contributed by atoms with van der Waals surface area (Å²) in [5, 5.41) is 3.16. The van der Waals surface area contributed by atoms with E-state index in [1.807, 2.05) is 0 Å². The fourth-order valence-electron chi connectivity index (χ4n) is 1.85. The molecule has 1 aliphatic carbocycles. The van der Waals surface area contributed by atoms with Gasteiger partial charge >= 0.3 is 6.18 Å². The van der Waals surface area contributed by atoms with Crippen LogP contribution >= 0.6 is 0 Å². The first-order valence-corrected chi connectivity index (χ1v) is 6.71. The number of benzene rings is 1. The van der Waals surface area contributed by atoms with Gasteiger partial charge in [-0.25, -0.2) is 0 Å². The van der Waals surface area contributed by atoms with Gasteiger partial charge in [-0.15, -0.1) is 0 Å². The number of primary amides is 1. The molecule has 3 N–H and O–H groups in total. The van der Waals surface area contributed by atoms with Gasteiger partial charge in [-0.3, -0.25) is 4.79 Å². The zero-order valence-electron chi connectivity index (χ0n) is 11.4. The van der Waals surface area contributed by atoms with E-state index >= 15 is 0 Å². The van der Waals surface area contributed by atoms with Crippen LogP contribution in [0.1, 0.15) is 30.4 Å². The maximum Gasteiger partial charge on any atom is 0.419 e. The summed E-state index contributed by atoms with van der Waals surface area (Å²) in [5.74, 6) is -0.896. The fourth-order valence-corrected chi connectivity index (χ4v) is 1.85. The van der Waals surface area contributed by atoms with E-state index in [2.05, 4.69) is 5.32 Å². The van der Waals surface area contributed by atoms with Crippen LogP contribution in [-0.4, -0.2) is 18.6 Å². The van der Waals surface area contributed by atoms with E-state index in [9.17, 15) is 18.0 Å². The van der Waals surface area contributed by atoms with Crippen molar-refractivity contribution in [2.24, 2.45) is 5.73 Å². The highest BCUT2D eigenvalue weighted by Gasteiger charge is 2.34. The van der Waals surface area contributed by atoms with E-state index in [0.29, 0.717) is 18.2 Å². The van der Waals surface area contributed by atoms with E-state index in [1.54, 1.807) is 6.07 Å². The number of alkyl halides is 3. The molecule has 1 aromatic carbocycles. The number of hydrogen-bond acceptors (Lipinski definition) is 3. The second-order valence-corrected chi connectivity index (χ2v) is 5.05. The van der Waals surface area contributed by atoms with Crippen molar-refractivity contribution < 1.29 is 22.7 Å². The lowest BCUT2D eigenvalue weighted by Crippen LogP contribution is -2.18. The summed E-state index contributed by atoms with van der Waals surface area (Å²) in [6.45, 7) is 0.230. The fraction of sp³-hybridized carbons (Fsp3) is 0.500. The molecule has 116 valence electrons. The molecule has 0 atom stereocenters. The van der Waals surface area contributed by atoms with Crippen LogP contribution in [0.3, 0.4) is 0 Å². The summed E-state index contributed by atoms with van der Waals surface area (Å²) in [5.41, 5.74) is 4.65. The van der Waals surface area contributed by atoms with Gasteiger partial charge in [-0.1, -0.05) is 6.07 Å². The van der Waals surface area contributed by atoms with E-state index in [0.717, 1.165) is 18.9 Å². The van der Waals surface area contributed by atoms with Crippen molar-refractivity contribution in [3.05, 3.63) is 29.3 Å². The molecular formula is C14H17F3N2O2. The van der Waals surface area contributed by atoms with E-state index in [1.165, 1.54) is 6.07 Å². The highest BCUT2D eigenvalue weighted by Crippen LogP contribution is 2.37. The number of rotatable bonds is 7. The zero-order valence-corrected chi connectivity index (χ0v) is 11.4. The number of carbonyl (C=O) groups is 1. The van der Waals surface area contributed by atoms with Crippen molar-refractivity contribution in [3.8, 4) is 5.75 Å². The van der Waals surface area contributed by atoms with E-state index in [-0.39, 0.29) is 18.8 Å². The molecule has 0 unspecified atom stereocenters. The molecule has 0 aromatic heterocycles. The van der Waals surface area contributed by atoms with Crippen LogP contribution in [0.25, 0.3) is 0 Å². The summed E-state index contributed by atoms with van der Waals surface area (Å²) >= 11 is 0. The molecule has 0 heterocycles. The average Bonchev–Trinajstić information content (AvgIpc) is 3.19. The Labute approximate surface area is 120 Å².